The smallest absolute Gasteiger partial charge is 0.123 e. The predicted octanol–water partition coefficient (Wildman–Crippen LogP) is 15.2. The number of fused-ring (bicyclic) bond motifs is 3. The third-order valence-electron chi connectivity index (χ3n) is 17.6. The summed E-state index contributed by atoms with van der Waals surface area (Å²) < 4.78 is 13.5. The van der Waals surface area contributed by atoms with Crippen molar-refractivity contribution >= 4 is 0 Å². The van der Waals surface area contributed by atoms with Gasteiger partial charge in [-0.05, 0) is 198 Å². The topological polar surface area (TPSA) is 36.1 Å². The monoisotopic (exact) mass is 896 g/mol. The van der Waals surface area contributed by atoms with Crippen LogP contribution in [0.3, 0.4) is 0 Å². The van der Waals surface area contributed by atoms with Crippen molar-refractivity contribution in [1.82, 2.24) is 16.0 Å². The molecule has 0 bridgehead atoms. The molecule has 7 aliphatic rings. The third kappa shape index (κ3) is 14.0. The Morgan fingerprint density at radius 1 is 0.470 bits per heavy atom. The third-order valence-corrected chi connectivity index (χ3v) is 17.6. The van der Waals surface area contributed by atoms with Crippen molar-refractivity contribution in [3.05, 3.63) is 131 Å². The van der Waals surface area contributed by atoms with Crippen molar-refractivity contribution < 1.29 is 4.39 Å². The number of hydrogen-bond donors (Lipinski definition) is 3. The van der Waals surface area contributed by atoms with E-state index < -0.39 is 0 Å². The number of hydrogen-bond acceptors (Lipinski definition) is 3. The second-order valence-electron chi connectivity index (χ2n) is 22.5. The van der Waals surface area contributed by atoms with Crippen molar-refractivity contribution in [2.75, 3.05) is 19.6 Å². The van der Waals surface area contributed by atoms with E-state index in [1.165, 1.54) is 171 Å². The van der Waals surface area contributed by atoms with Crippen molar-refractivity contribution in [2.45, 2.75) is 210 Å². The average molecular weight is 896 g/mol. The van der Waals surface area contributed by atoms with Gasteiger partial charge in [-0.1, -0.05) is 137 Å². The second-order valence-corrected chi connectivity index (χ2v) is 22.5. The van der Waals surface area contributed by atoms with E-state index in [1.807, 2.05) is 12.1 Å². The predicted molar refractivity (Wildman–Crippen MR) is 279 cm³/mol. The molecule has 0 aromatic heterocycles. The van der Waals surface area contributed by atoms with Crippen LogP contribution in [0.15, 0.2) is 86.0 Å². The van der Waals surface area contributed by atoms with E-state index in [-0.39, 0.29) is 5.82 Å². The van der Waals surface area contributed by atoms with Crippen LogP contribution in [-0.2, 0) is 19.3 Å². The van der Waals surface area contributed by atoms with Gasteiger partial charge < -0.3 is 16.0 Å². The van der Waals surface area contributed by atoms with Gasteiger partial charge in [-0.25, -0.2) is 4.39 Å². The molecule has 0 spiro atoms. The summed E-state index contributed by atoms with van der Waals surface area (Å²) in [6.07, 6.45) is 39.3. The molecule has 0 saturated heterocycles. The second kappa shape index (κ2) is 25.5. The summed E-state index contributed by atoms with van der Waals surface area (Å²) in [5, 5.41) is 11.8. The van der Waals surface area contributed by atoms with E-state index in [4.69, 9.17) is 0 Å². The molecule has 4 saturated carbocycles. The van der Waals surface area contributed by atoms with Crippen molar-refractivity contribution in [3.8, 4) is 0 Å². The van der Waals surface area contributed by atoms with Gasteiger partial charge in [0.25, 0.3) is 0 Å². The van der Waals surface area contributed by atoms with Crippen LogP contribution in [0.2, 0.25) is 0 Å². The molecule has 3 N–H and O–H groups in total. The lowest BCUT2D eigenvalue weighted by atomic mass is 9.76. The Kier molecular flexibility index (Phi) is 19.1. The highest BCUT2D eigenvalue weighted by atomic mass is 19.1. The van der Waals surface area contributed by atoms with E-state index in [9.17, 15) is 4.39 Å². The molecule has 7 aliphatic carbocycles. The molecule has 4 fully saturated rings. The first-order valence-corrected chi connectivity index (χ1v) is 27.8. The average Bonchev–Trinajstić information content (AvgIpc) is 4.19. The Hall–Kier alpha value is -3.05. The molecular formula is C62H90FN3. The first-order valence-electron chi connectivity index (χ1n) is 27.8. The first kappa shape index (κ1) is 49.4. The minimum absolute atomic E-state index is 0.107. The number of aryl methyl sites for hydroxylation is 4. The van der Waals surface area contributed by atoms with E-state index in [1.54, 1.807) is 34.4 Å². The molecule has 0 heterocycles. The van der Waals surface area contributed by atoms with Crippen LogP contribution in [0, 0.1) is 36.4 Å². The minimum atomic E-state index is -0.107. The zero-order valence-electron chi connectivity index (χ0n) is 41.5. The zero-order valence-corrected chi connectivity index (χ0v) is 41.5. The van der Waals surface area contributed by atoms with Crippen molar-refractivity contribution in [3.63, 3.8) is 0 Å². The molecule has 360 valence electrons. The molecular weight excluding hydrogens is 806 g/mol. The molecule has 0 amide bonds. The standard InChI is InChI=1S/C22H33N.C20H28FN.C20H29N/c1-16-7-11-20-19(13-16)10-12-22(21(20)14-17-8-9-17)23-15-18-5-3-2-4-6-18;1-2-6-19-18-11-10-17(21)13-16(18)9-12-20(19)22-14-15-7-4-3-5-8-15;1-2-8-19-18-12-7-6-11-17(18)13-14-20(19)21-15-16-9-4-3-5-10-16/h7,11,13,17-18,21-23H,2-6,8-10,12,14-15H2,1H3;2,10-11,13,15,19-20,22H,1,3-9,12,14H2;2,6-7,11-12,16,19-21H,1,3-5,8-10,13-15H2. The highest BCUT2D eigenvalue weighted by molar-refractivity contribution is 5.38. The fourth-order valence-corrected chi connectivity index (χ4v) is 13.6. The van der Waals surface area contributed by atoms with E-state index >= 15 is 0 Å². The first-order chi connectivity index (χ1) is 32.4. The van der Waals surface area contributed by atoms with Crippen LogP contribution in [0.1, 0.15) is 204 Å². The Bertz CT molecular complexity index is 1930. The van der Waals surface area contributed by atoms with Gasteiger partial charge in [-0.2, -0.15) is 0 Å². The van der Waals surface area contributed by atoms with Crippen LogP contribution in [0.5, 0.6) is 0 Å². The Balaban J connectivity index is 0.000000135. The van der Waals surface area contributed by atoms with Crippen LogP contribution < -0.4 is 16.0 Å². The lowest BCUT2D eigenvalue weighted by Crippen LogP contribution is -2.41. The van der Waals surface area contributed by atoms with Gasteiger partial charge in [0.05, 0.1) is 0 Å². The van der Waals surface area contributed by atoms with E-state index in [2.05, 4.69) is 84.6 Å². The fraction of sp³-hybridized carbons (Fsp3) is 0.645. The lowest BCUT2D eigenvalue weighted by Gasteiger charge is -2.36. The summed E-state index contributed by atoms with van der Waals surface area (Å²) in [6.45, 7) is 13.8. The quantitative estimate of drug-likeness (QED) is 0.133. The largest absolute Gasteiger partial charge is 0.313 e. The summed E-state index contributed by atoms with van der Waals surface area (Å²) in [5.41, 5.74) is 10.4. The molecule has 10 rings (SSSR count). The SMILES string of the molecule is C=CCC1c2ccc(F)cc2CCC1NCC1CCCCC1.C=CCC1c2ccccc2CCC1NCC1CCCCC1.Cc1ccc2c(c1)CCC(NCC1CCCCC1)C2CC1CC1. The maximum Gasteiger partial charge on any atom is 0.123 e. The summed E-state index contributed by atoms with van der Waals surface area (Å²) in [5.74, 6) is 5.48. The highest BCUT2D eigenvalue weighted by Gasteiger charge is 2.35. The number of rotatable bonds is 15. The van der Waals surface area contributed by atoms with Crippen LogP contribution in [0.25, 0.3) is 0 Å². The molecule has 6 atom stereocenters. The molecule has 3 aromatic rings. The summed E-state index contributed by atoms with van der Waals surface area (Å²) in [4.78, 5) is 0. The molecule has 6 unspecified atom stereocenters. The van der Waals surface area contributed by atoms with Gasteiger partial charge in [0.1, 0.15) is 5.82 Å². The van der Waals surface area contributed by atoms with Gasteiger partial charge >= 0.3 is 0 Å². The van der Waals surface area contributed by atoms with Crippen molar-refractivity contribution in [1.29, 1.82) is 0 Å². The summed E-state index contributed by atoms with van der Waals surface area (Å²) in [7, 11) is 0. The number of halogens is 1. The fourth-order valence-electron chi connectivity index (χ4n) is 13.6. The van der Waals surface area contributed by atoms with Gasteiger partial charge in [0.15, 0.2) is 0 Å². The number of benzene rings is 3. The minimum Gasteiger partial charge on any atom is -0.313 e. The van der Waals surface area contributed by atoms with Gasteiger partial charge in [-0.3, -0.25) is 0 Å². The molecule has 3 aromatic carbocycles. The summed E-state index contributed by atoms with van der Waals surface area (Å²) in [6, 6.07) is 23.5. The molecule has 3 nitrogen and oxygen atoms in total. The maximum absolute atomic E-state index is 13.5. The van der Waals surface area contributed by atoms with Crippen LogP contribution in [0.4, 0.5) is 4.39 Å². The van der Waals surface area contributed by atoms with Gasteiger partial charge in [0, 0.05) is 30.0 Å². The normalized spacial score (nSPS) is 26.9. The highest BCUT2D eigenvalue weighted by Crippen LogP contribution is 2.44. The zero-order chi connectivity index (χ0) is 45.5. The Morgan fingerprint density at radius 2 is 0.909 bits per heavy atom. The van der Waals surface area contributed by atoms with E-state index in [0.29, 0.717) is 23.9 Å². The van der Waals surface area contributed by atoms with E-state index in [0.717, 1.165) is 67.9 Å². The molecule has 0 aliphatic heterocycles. The van der Waals surface area contributed by atoms with Crippen LogP contribution >= 0.6 is 0 Å². The number of nitrogens with one attached hydrogen (secondary N) is 3. The maximum atomic E-state index is 13.5. The van der Waals surface area contributed by atoms with Crippen molar-refractivity contribution in [2.24, 2.45) is 23.7 Å². The number of allylic oxidation sites excluding steroid dienone is 2. The summed E-state index contributed by atoms with van der Waals surface area (Å²) >= 11 is 0. The molecule has 66 heavy (non-hydrogen) atoms. The molecule has 0 radical (unpaired) electrons. The molecule has 4 heteroatoms. The van der Waals surface area contributed by atoms with Gasteiger partial charge in [0.2, 0.25) is 0 Å². The van der Waals surface area contributed by atoms with Crippen LogP contribution in [-0.4, -0.2) is 37.8 Å². The Labute approximate surface area is 402 Å². The lowest BCUT2D eigenvalue weighted by molar-refractivity contribution is 0.294. The Morgan fingerprint density at radius 3 is 1.42 bits per heavy atom. The van der Waals surface area contributed by atoms with Gasteiger partial charge in [-0.15, -0.1) is 13.2 Å².